The number of rotatable bonds is 1. The van der Waals surface area contributed by atoms with Crippen LogP contribution in [0.1, 0.15) is 5.69 Å². The fraction of sp³-hybridized carbons (Fsp3) is 0.250. The Kier molecular flexibility index (Phi) is 1.86. The van der Waals surface area contributed by atoms with Crippen LogP contribution in [0.2, 0.25) is 0 Å². The average Bonchev–Trinajstić information content (AvgIpc) is 2.51. The number of hydrogen-bond donors (Lipinski definition) is 1. The van der Waals surface area contributed by atoms with Crippen molar-refractivity contribution in [2.75, 3.05) is 13.1 Å². The maximum atomic E-state index is 4.52. The van der Waals surface area contributed by atoms with Crippen LogP contribution in [0.25, 0.3) is 17.1 Å². The first-order valence-electron chi connectivity index (χ1n) is 5.19. The van der Waals surface area contributed by atoms with Crippen molar-refractivity contribution in [1.29, 1.82) is 0 Å². The van der Waals surface area contributed by atoms with E-state index in [0.717, 1.165) is 18.8 Å². The predicted octanol–water partition coefficient (Wildman–Crippen LogP) is 1.79. The molecule has 15 heavy (non-hydrogen) atoms. The molecule has 1 saturated heterocycles. The molecule has 0 spiro atoms. The van der Waals surface area contributed by atoms with Gasteiger partial charge in [0.15, 0.2) is 0 Å². The summed E-state index contributed by atoms with van der Waals surface area (Å²) >= 11 is 0. The lowest BCUT2D eigenvalue weighted by molar-refractivity contribution is 0.668. The molecule has 0 aliphatic carbocycles. The molecule has 3 heteroatoms. The number of para-hydroxylation sites is 1. The van der Waals surface area contributed by atoms with Crippen LogP contribution in [0.15, 0.2) is 29.8 Å². The van der Waals surface area contributed by atoms with E-state index in [1.807, 2.05) is 4.68 Å². The Balaban J connectivity index is 2.18. The standard InChI is InChI=1S/C12H13N3/c1-9-11-4-2-3-5-12(11)15(14-9)8-10-6-13-7-10/h2-5,8,13H,6-7H2,1H3. The van der Waals surface area contributed by atoms with Gasteiger partial charge >= 0.3 is 0 Å². The van der Waals surface area contributed by atoms with Crippen LogP contribution in [0, 0.1) is 6.92 Å². The second-order valence-corrected chi connectivity index (χ2v) is 3.94. The van der Waals surface area contributed by atoms with Crippen molar-refractivity contribution in [3.05, 3.63) is 35.5 Å². The smallest absolute Gasteiger partial charge is 0.0736 e. The van der Waals surface area contributed by atoms with Crippen LogP contribution in [0.5, 0.6) is 0 Å². The molecular formula is C12H13N3. The van der Waals surface area contributed by atoms with Crippen molar-refractivity contribution in [2.45, 2.75) is 6.92 Å². The Labute approximate surface area is 88.4 Å². The van der Waals surface area contributed by atoms with Crippen LogP contribution in [0.3, 0.4) is 0 Å². The molecule has 2 heterocycles. The maximum absolute atomic E-state index is 4.52. The summed E-state index contributed by atoms with van der Waals surface area (Å²) in [6.07, 6.45) is 2.13. The van der Waals surface area contributed by atoms with E-state index in [4.69, 9.17) is 0 Å². The molecule has 3 rings (SSSR count). The highest BCUT2D eigenvalue weighted by atomic mass is 15.3. The van der Waals surface area contributed by atoms with Gasteiger partial charge in [-0.2, -0.15) is 5.10 Å². The number of aryl methyl sites for hydroxylation is 1. The number of nitrogens with one attached hydrogen (secondary N) is 1. The van der Waals surface area contributed by atoms with Gasteiger partial charge in [0.1, 0.15) is 0 Å². The topological polar surface area (TPSA) is 29.9 Å². The molecule has 1 aliphatic rings. The van der Waals surface area contributed by atoms with Crippen molar-refractivity contribution in [1.82, 2.24) is 15.1 Å². The van der Waals surface area contributed by atoms with Gasteiger partial charge < -0.3 is 5.32 Å². The zero-order valence-corrected chi connectivity index (χ0v) is 8.70. The van der Waals surface area contributed by atoms with Crippen LogP contribution in [0.4, 0.5) is 0 Å². The molecule has 0 radical (unpaired) electrons. The summed E-state index contributed by atoms with van der Waals surface area (Å²) in [7, 11) is 0. The highest BCUT2D eigenvalue weighted by Crippen LogP contribution is 2.18. The molecule has 1 fully saturated rings. The number of fused-ring (bicyclic) bond motifs is 1. The number of aromatic nitrogens is 2. The molecule has 0 bridgehead atoms. The Morgan fingerprint density at radius 3 is 2.87 bits per heavy atom. The predicted molar refractivity (Wildman–Crippen MR) is 61.6 cm³/mol. The third kappa shape index (κ3) is 1.36. The van der Waals surface area contributed by atoms with Crippen LogP contribution in [-0.2, 0) is 0 Å². The summed E-state index contributed by atoms with van der Waals surface area (Å²) in [5.74, 6) is 0. The maximum Gasteiger partial charge on any atom is 0.0736 e. The van der Waals surface area contributed by atoms with Crippen molar-refractivity contribution < 1.29 is 0 Å². The fourth-order valence-corrected chi connectivity index (χ4v) is 1.88. The molecule has 0 unspecified atom stereocenters. The zero-order valence-electron chi connectivity index (χ0n) is 8.70. The Bertz CT molecular complexity index is 531. The minimum absolute atomic E-state index is 0.993. The Morgan fingerprint density at radius 1 is 1.33 bits per heavy atom. The Hall–Kier alpha value is -1.61. The van der Waals surface area contributed by atoms with Crippen molar-refractivity contribution in [3.8, 4) is 0 Å². The van der Waals surface area contributed by atoms with E-state index in [0.29, 0.717) is 0 Å². The summed E-state index contributed by atoms with van der Waals surface area (Å²) in [5.41, 5.74) is 3.69. The molecule has 1 aliphatic heterocycles. The number of benzene rings is 1. The van der Waals surface area contributed by atoms with Gasteiger partial charge in [-0.3, -0.25) is 0 Å². The summed E-state index contributed by atoms with van der Waals surface area (Å²) in [6.45, 7) is 4.04. The first kappa shape index (κ1) is 8.68. The van der Waals surface area contributed by atoms with E-state index < -0.39 is 0 Å². The minimum atomic E-state index is 0.993. The van der Waals surface area contributed by atoms with Gasteiger partial charge in [-0.05, 0) is 18.6 Å². The van der Waals surface area contributed by atoms with Gasteiger partial charge in [0.05, 0.1) is 11.2 Å². The van der Waals surface area contributed by atoms with E-state index in [1.165, 1.54) is 16.5 Å². The molecule has 0 atom stereocenters. The van der Waals surface area contributed by atoms with Gasteiger partial charge in [0.2, 0.25) is 0 Å². The SMILES string of the molecule is Cc1nn(C=C2CNC2)c2ccccc12. The molecule has 1 aromatic heterocycles. The zero-order chi connectivity index (χ0) is 10.3. The van der Waals surface area contributed by atoms with E-state index in [9.17, 15) is 0 Å². The lowest BCUT2D eigenvalue weighted by Gasteiger charge is -2.18. The Morgan fingerprint density at radius 2 is 2.13 bits per heavy atom. The third-order valence-electron chi connectivity index (χ3n) is 2.81. The van der Waals surface area contributed by atoms with Gasteiger partial charge in [-0.25, -0.2) is 4.68 Å². The van der Waals surface area contributed by atoms with Crippen LogP contribution < -0.4 is 5.32 Å². The van der Waals surface area contributed by atoms with Gasteiger partial charge in [-0.1, -0.05) is 18.2 Å². The number of hydrogen-bond acceptors (Lipinski definition) is 2. The fourth-order valence-electron chi connectivity index (χ4n) is 1.88. The molecule has 1 aromatic carbocycles. The normalized spacial score (nSPS) is 15.4. The van der Waals surface area contributed by atoms with E-state index >= 15 is 0 Å². The molecular weight excluding hydrogens is 186 g/mol. The highest BCUT2D eigenvalue weighted by molar-refractivity contribution is 5.83. The second kappa shape index (κ2) is 3.21. The quantitative estimate of drug-likeness (QED) is 0.758. The van der Waals surface area contributed by atoms with Gasteiger partial charge in [-0.15, -0.1) is 0 Å². The van der Waals surface area contributed by atoms with E-state index in [-0.39, 0.29) is 0 Å². The molecule has 1 N–H and O–H groups in total. The lowest BCUT2D eigenvalue weighted by atomic mass is 10.2. The van der Waals surface area contributed by atoms with Crippen LogP contribution in [-0.4, -0.2) is 22.9 Å². The van der Waals surface area contributed by atoms with E-state index in [1.54, 1.807) is 0 Å². The molecule has 2 aromatic rings. The minimum Gasteiger partial charge on any atom is -0.309 e. The first-order chi connectivity index (χ1) is 7.34. The average molecular weight is 199 g/mol. The third-order valence-corrected chi connectivity index (χ3v) is 2.81. The van der Waals surface area contributed by atoms with Crippen LogP contribution >= 0.6 is 0 Å². The van der Waals surface area contributed by atoms with Crippen molar-refractivity contribution >= 4 is 17.1 Å². The molecule has 0 amide bonds. The second-order valence-electron chi connectivity index (χ2n) is 3.94. The molecule has 3 nitrogen and oxygen atoms in total. The molecule has 76 valence electrons. The lowest BCUT2D eigenvalue weighted by Crippen LogP contribution is -2.33. The molecule has 0 saturated carbocycles. The summed E-state index contributed by atoms with van der Waals surface area (Å²) in [5, 5.41) is 8.99. The summed E-state index contributed by atoms with van der Waals surface area (Å²) < 4.78 is 1.99. The summed E-state index contributed by atoms with van der Waals surface area (Å²) in [4.78, 5) is 0. The highest BCUT2D eigenvalue weighted by Gasteiger charge is 2.09. The monoisotopic (exact) mass is 199 g/mol. The van der Waals surface area contributed by atoms with Gasteiger partial charge in [0, 0.05) is 24.7 Å². The van der Waals surface area contributed by atoms with Crippen molar-refractivity contribution in [3.63, 3.8) is 0 Å². The van der Waals surface area contributed by atoms with E-state index in [2.05, 4.69) is 47.8 Å². The van der Waals surface area contributed by atoms with Gasteiger partial charge in [0.25, 0.3) is 0 Å². The number of nitrogens with zero attached hydrogens (tertiary/aromatic N) is 2. The van der Waals surface area contributed by atoms with Crippen molar-refractivity contribution in [2.24, 2.45) is 0 Å². The summed E-state index contributed by atoms with van der Waals surface area (Å²) in [6, 6.07) is 8.33. The largest absolute Gasteiger partial charge is 0.309 e. The first-order valence-corrected chi connectivity index (χ1v) is 5.19.